The van der Waals surface area contributed by atoms with E-state index in [4.69, 9.17) is 4.74 Å². The monoisotopic (exact) mass is 450 g/mol. The molecule has 1 N–H and O–H groups in total. The van der Waals surface area contributed by atoms with E-state index in [-0.39, 0.29) is 36.6 Å². The zero-order valence-corrected chi connectivity index (χ0v) is 18.5. The Balaban J connectivity index is 2.02. The molecule has 6 atom stereocenters. The van der Waals surface area contributed by atoms with Crippen molar-refractivity contribution in [1.82, 2.24) is 0 Å². The van der Waals surface area contributed by atoms with Gasteiger partial charge in [0, 0.05) is 12.3 Å². The van der Waals surface area contributed by atoms with Crippen molar-refractivity contribution in [3.05, 3.63) is 24.0 Å². The average Bonchev–Trinajstić information content (AvgIpc) is 3.26. The van der Waals surface area contributed by atoms with E-state index < -0.39 is 29.8 Å². The lowest BCUT2D eigenvalue weighted by atomic mass is 9.78. The highest BCUT2D eigenvalue weighted by Gasteiger charge is 2.54. The van der Waals surface area contributed by atoms with E-state index in [1.807, 2.05) is 0 Å². The molecular weight excluding hydrogens is 416 g/mol. The number of hydrogen-bond acceptors (Lipinski definition) is 4. The average molecular weight is 451 g/mol. The predicted octanol–water partition coefficient (Wildman–Crippen LogP) is 5.65. The van der Waals surface area contributed by atoms with Crippen LogP contribution >= 0.6 is 0 Å². The van der Waals surface area contributed by atoms with Gasteiger partial charge < -0.3 is 14.6 Å². The molecule has 1 heterocycles. The number of carbonyl (C=O) groups is 1. The Bertz CT molecular complexity index is 660. The van der Waals surface area contributed by atoms with Gasteiger partial charge in [-0.2, -0.15) is 13.2 Å². The summed E-state index contributed by atoms with van der Waals surface area (Å²) in [4.78, 5) is 11.1. The quantitative estimate of drug-likeness (QED) is 0.202. The minimum atomic E-state index is -4.54. The number of methoxy groups -OCH3 is 1. The number of halogens is 4. The van der Waals surface area contributed by atoms with Gasteiger partial charge >= 0.3 is 12.1 Å². The molecule has 0 radical (unpaired) electrons. The molecule has 1 saturated carbocycles. The van der Waals surface area contributed by atoms with Crippen LogP contribution in [-0.4, -0.2) is 42.7 Å². The molecule has 0 spiro atoms. The summed E-state index contributed by atoms with van der Waals surface area (Å²) in [7, 11) is 1.31. The maximum Gasteiger partial charge on any atom is 0.397 e. The summed E-state index contributed by atoms with van der Waals surface area (Å²) < 4.78 is 66.2. The van der Waals surface area contributed by atoms with Crippen molar-refractivity contribution in [2.75, 3.05) is 7.11 Å². The molecule has 31 heavy (non-hydrogen) atoms. The van der Waals surface area contributed by atoms with E-state index >= 15 is 0 Å². The van der Waals surface area contributed by atoms with Gasteiger partial charge in [-0.15, -0.1) is 0 Å². The highest BCUT2D eigenvalue weighted by atomic mass is 19.4. The van der Waals surface area contributed by atoms with Crippen LogP contribution in [0.25, 0.3) is 0 Å². The number of allylic oxidation sites excluding steroid dienone is 3. The Kier molecular flexibility index (Phi) is 8.98. The van der Waals surface area contributed by atoms with E-state index in [1.54, 1.807) is 19.1 Å². The van der Waals surface area contributed by atoms with Gasteiger partial charge in [-0.25, -0.2) is 4.39 Å². The molecule has 178 valence electrons. The zero-order chi connectivity index (χ0) is 23.2. The van der Waals surface area contributed by atoms with Crippen molar-refractivity contribution in [3.63, 3.8) is 0 Å². The zero-order valence-electron chi connectivity index (χ0n) is 18.5. The van der Waals surface area contributed by atoms with Gasteiger partial charge in [0.05, 0.1) is 18.6 Å². The fraction of sp³-hybridized carbons (Fsp3) is 0.783. The molecule has 0 aromatic heterocycles. The highest BCUT2D eigenvalue weighted by molar-refractivity contribution is 5.69. The summed E-state index contributed by atoms with van der Waals surface area (Å²) in [6.07, 6.45) is -0.251. The van der Waals surface area contributed by atoms with Gasteiger partial charge in [-0.1, -0.05) is 31.9 Å². The van der Waals surface area contributed by atoms with Crippen molar-refractivity contribution in [3.8, 4) is 0 Å². The van der Waals surface area contributed by atoms with Crippen molar-refractivity contribution < 1.29 is 36.9 Å². The lowest BCUT2D eigenvalue weighted by Crippen LogP contribution is -2.44. The van der Waals surface area contributed by atoms with Crippen LogP contribution < -0.4 is 0 Å². The van der Waals surface area contributed by atoms with E-state index in [2.05, 4.69) is 4.74 Å². The maximum atomic E-state index is 15.0. The van der Waals surface area contributed by atoms with Crippen LogP contribution in [0.4, 0.5) is 17.6 Å². The largest absolute Gasteiger partial charge is 0.492 e. The van der Waals surface area contributed by atoms with Crippen LogP contribution in [0.2, 0.25) is 0 Å². The summed E-state index contributed by atoms with van der Waals surface area (Å²) in [5, 5.41) is 10.4. The van der Waals surface area contributed by atoms with Crippen molar-refractivity contribution in [1.29, 1.82) is 0 Å². The number of aliphatic hydroxyl groups is 1. The van der Waals surface area contributed by atoms with Crippen LogP contribution in [0.15, 0.2) is 24.0 Å². The Labute approximate surface area is 181 Å². The fourth-order valence-electron chi connectivity index (χ4n) is 4.43. The second-order valence-electron chi connectivity index (χ2n) is 8.80. The van der Waals surface area contributed by atoms with Crippen LogP contribution in [0, 0.1) is 17.3 Å². The van der Waals surface area contributed by atoms with Crippen LogP contribution in [0.3, 0.4) is 0 Å². The highest BCUT2D eigenvalue weighted by Crippen LogP contribution is 2.48. The number of alkyl halides is 4. The number of esters is 1. The Morgan fingerprint density at radius 3 is 2.65 bits per heavy atom. The van der Waals surface area contributed by atoms with Crippen molar-refractivity contribution >= 4 is 5.97 Å². The summed E-state index contributed by atoms with van der Waals surface area (Å²) in [6.45, 7) is 2.85. The third kappa shape index (κ3) is 6.02. The molecule has 2 fully saturated rings. The molecule has 1 aliphatic carbocycles. The van der Waals surface area contributed by atoms with E-state index in [9.17, 15) is 27.5 Å². The van der Waals surface area contributed by atoms with Gasteiger partial charge in [0.25, 0.3) is 0 Å². The molecular formula is C23H34F4O4. The third-order valence-corrected chi connectivity index (χ3v) is 6.65. The number of aliphatic hydroxyl groups excluding tert-OH is 1. The molecule has 1 saturated heterocycles. The Hall–Kier alpha value is -1.57. The number of fused-ring (bicyclic) bond motifs is 1. The van der Waals surface area contributed by atoms with Gasteiger partial charge in [-0.3, -0.25) is 4.79 Å². The molecule has 2 rings (SSSR count). The summed E-state index contributed by atoms with van der Waals surface area (Å²) >= 11 is 0. The van der Waals surface area contributed by atoms with E-state index in [1.165, 1.54) is 13.2 Å². The van der Waals surface area contributed by atoms with Crippen LogP contribution in [0.1, 0.15) is 65.2 Å². The minimum absolute atomic E-state index is 0.164. The fourth-order valence-corrected chi connectivity index (χ4v) is 4.43. The summed E-state index contributed by atoms with van der Waals surface area (Å²) in [6, 6.07) is 0. The molecule has 8 heteroatoms. The number of ether oxygens (including phenoxy) is 2. The molecule has 0 aromatic rings. The molecule has 2 aliphatic rings. The van der Waals surface area contributed by atoms with Crippen molar-refractivity contribution in [2.45, 2.75) is 89.8 Å². The number of rotatable bonds is 10. The van der Waals surface area contributed by atoms with Crippen LogP contribution in [-0.2, 0) is 14.3 Å². The molecule has 1 aliphatic heterocycles. The molecule has 0 aromatic carbocycles. The standard InChI is InChI=1S/C23H34F4O4/c1-4-5-14-22(2,23(25,26)27)18(28)13-11-15-10-12-16-20(15)21(24)17(31-16)8-6-7-9-19(29)30-3/h8,11,13,15-16,18,20-21,28H,4-7,9-10,12,14H2,1-3H3/b13-11+,17-8-/t15-,16+,18-,20-,21?,22?/m1/s1. The Morgan fingerprint density at radius 1 is 1.32 bits per heavy atom. The molecule has 4 nitrogen and oxygen atoms in total. The minimum Gasteiger partial charge on any atom is -0.492 e. The second kappa shape index (κ2) is 10.8. The topological polar surface area (TPSA) is 55.8 Å². The first-order valence-electron chi connectivity index (χ1n) is 11.1. The number of unbranched alkanes of at least 4 members (excludes halogenated alkanes) is 2. The molecule has 2 unspecified atom stereocenters. The number of hydrogen-bond donors (Lipinski definition) is 1. The first-order chi connectivity index (χ1) is 14.5. The van der Waals surface area contributed by atoms with Gasteiger partial charge in [0.2, 0.25) is 0 Å². The summed E-state index contributed by atoms with van der Waals surface area (Å²) in [5.41, 5.74) is -2.23. The SMILES string of the molecule is CCCCC(C)([C@H](O)/C=C/[C@H]1CC[C@@H]2O/C(=C\CCCC(=O)OC)C(F)[C@@H]21)C(F)(F)F. The lowest BCUT2D eigenvalue weighted by Gasteiger charge is -2.35. The second-order valence-corrected chi connectivity index (χ2v) is 8.80. The van der Waals surface area contributed by atoms with Gasteiger partial charge in [0.15, 0.2) is 6.17 Å². The van der Waals surface area contributed by atoms with E-state index in [0.29, 0.717) is 38.5 Å². The van der Waals surface area contributed by atoms with Gasteiger partial charge in [0.1, 0.15) is 11.9 Å². The summed E-state index contributed by atoms with van der Waals surface area (Å²) in [5.74, 6) is -0.850. The molecule has 0 bridgehead atoms. The first kappa shape index (κ1) is 25.7. The maximum absolute atomic E-state index is 15.0. The predicted molar refractivity (Wildman–Crippen MR) is 109 cm³/mol. The van der Waals surface area contributed by atoms with Crippen LogP contribution in [0.5, 0.6) is 0 Å². The molecule has 0 amide bonds. The number of carbonyl (C=O) groups excluding carboxylic acids is 1. The smallest absolute Gasteiger partial charge is 0.397 e. The lowest BCUT2D eigenvalue weighted by molar-refractivity contribution is -0.244. The van der Waals surface area contributed by atoms with Crippen molar-refractivity contribution in [2.24, 2.45) is 17.3 Å². The Morgan fingerprint density at radius 2 is 2.03 bits per heavy atom. The van der Waals surface area contributed by atoms with E-state index in [0.717, 1.165) is 6.92 Å². The van der Waals surface area contributed by atoms with Gasteiger partial charge in [-0.05, 0) is 51.0 Å². The third-order valence-electron chi connectivity index (χ3n) is 6.65. The first-order valence-corrected chi connectivity index (χ1v) is 11.1. The normalized spacial score (nSPS) is 30.3.